The monoisotopic (exact) mass is 754 g/mol. The predicted octanol–water partition coefficient (Wildman–Crippen LogP) is 15.7. The molecule has 0 radical (unpaired) electrons. The van der Waals surface area contributed by atoms with Crippen molar-refractivity contribution < 1.29 is 4.42 Å². The van der Waals surface area contributed by atoms with Gasteiger partial charge in [-0.05, 0) is 94.2 Å². The Balaban J connectivity index is 0.945. The zero-order chi connectivity index (χ0) is 38.9. The van der Waals surface area contributed by atoms with Crippen LogP contribution in [0.25, 0.3) is 82.8 Å². The van der Waals surface area contributed by atoms with E-state index < -0.39 is 0 Å². The van der Waals surface area contributed by atoms with Crippen molar-refractivity contribution >= 4 is 77.7 Å². The number of nitrogens with zero attached hydrogens (tertiary/aromatic N) is 2. The Morgan fingerprint density at radius 2 is 1.12 bits per heavy atom. The molecule has 12 rings (SSSR count). The second-order valence-electron chi connectivity index (χ2n) is 15.6. The van der Waals surface area contributed by atoms with E-state index in [-0.39, 0.29) is 6.04 Å². The molecule has 59 heavy (non-hydrogen) atoms. The average molecular weight is 755 g/mol. The van der Waals surface area contributed by atoms with Crippen molar-refractivity contribution in [3.05, 3.63) is 217 Å². The number of hydrogen-bond donors (Lipinski definition) is 0. The van der Waals surface area contributed by atoms with Crippen LogP contribution in [-0.2, 0) is 0 Å². The second kappa shape index (κ2) is 13.5. The van der Waals surface area contributed by atoms with Gasteiger partial charge in [-0.25, -0.2) is 0 Å². The van der Waals surface area contributed by atoms with Gasteiger partial charge in [-0.3, -0.25) is 0 Å². The minimum atomic E-state index is 0.247. The number of hydrogen-bond acceptors (Lipinski definition) is 2. The summed E-state index contributed by atoms with van der Waals surface area (Å²) < 4.78 is 8.98. The zero-order valence-electron chi connectivity index (χ0n) is 32.3. The highest BCUT2D eigenvalue weighted by atomic mass is 16.3. The van der Waals surface area contributed by atoms with Crippen molar-refractivity contribution in [3.63, 3.8) is 0 Å². The molecule has 0 aliphatic heterocycles. The van der Waals surface area contributed by atoms with Gasteiger partial charge in [-0.1, -0.05) is 158 Å². The first-order valence-electron chi connectivity index (χ1n) is 20.4. The molecule has 0 spiro atoms. The first-order chi connectivity index (χ1) is 29.3. The Bertz CT molecular complexity index is 3420. The van der Waals surface area contributed by atoms with Gasteiger partial charge < -0.3 is 13.9 Å². The Labute approximate surface area is 342 Å². The zero-order valence-corrected chi connectivity index (χ0v) is 32.3. The second-order valence-corrected chi connectivity index (χ2v) is 15.6. The lowest BCUT2D eigenvalue weighted by Gasteiger charge is -2.27. The van der Waals surface area contributed by atoms with E-state index in [1.54, 1.807) is 0 Å². The molecule has 1 unspecified atom stereocenters. The van der Waals surface area contributed by atoms with Gasteiger partial charge in [-0.15, -0.1) is 0 Å². The van der Waals surface area contributed by atoms with Gasteiger partial charge in [-0.2, -0.15) is 0 Å². The van der Waals surface area contributed by atoms with E-state index in [1.165, 1.54) is 54.8 Å². The first-order valence-corrected chi connectivity index (χ1v) is 20.4. The van der Waals surface area contributed by atoms with Crippen LogP contribution in [-0.4, -0.2) is 4.57 Å². The van der Waals surface area contributed by atoms with Crippen molar-refractivity contribution in [1.29, 1.82) is 0 Å². The fourth-order valence-electron chi connectivity index (χ4n) is 9.58. The van der Waals surface area contributed by atoms with E-state index in [9.17, 15) is 0 Å². The summed E-state index contributed by atoms with van der Waals surface area (Å²) in [7, 11) is 0. The van der Waals surface area contributed by atoms with Crippen molar-refractivity contribution in [2.24, 2.45) is 0 Å². The Morgan fingerprint density at radius 1 is 0.475 bits per heavy atom. The predicted molar refractivity (Wildman–Crippen MR) is 248 cm³/mol. The Morgan fingerprint density at radius 3 is 1.98 bits per heavy atom. The molecule has 9 aromatic carbocycles. The number of anilines is 3. The summed E-state index contributed by atoms with van der Waals surface area (Å²) in [5, 5.41) is 7.26. The molecule has 278 valence electrons. The van der Waals surface area contributed by atoms with Crippen LogP contribution in [0.1, 0.15) is 23.6 Å². The maximum Gasteiger partial charge on any atom is 0.143 e. The van der Waals surface area contributed by atoms with Gasteiger partial charge in [0.1, 0.15) is 11.2 Å². The summed E-state index contributed by atoms with van der Waals surface area (Å²) in [6, 6.07) is 72.8. The number of benzene rings is 9. The van der Waals surface area contributed by atoms with E-state index in [4.69, 9.17) is 4.42 Å². The lowest BCUT2D eigenvalue weighted by Crippen LogP contribution is -2.13. The standard InChI is InChI=1S/C56H38N2O/c1-3-16-44-38(12-1)14-9-23-51(44)57(43-33-28-40(29-34-43)46-20-11-21-49-48-19-6-8-25-55(48)59-56(46)49)42-31-26-37(27-32-42)41-30-35-54-50(36-41)47-18-5-7-22-53(47)58(54)52-24-10-15-39-13-2-4-17-45(39)52/h1-23,25-36,52H,24H2. The third-order valence-electron chi connectivity index (χ3n) is 12.3. The normalized spacial score (nSPS) is 13.8. The molecule has 1 aliphatic carbocycles. The lowest BCUT2D eigenvalue weighted by molar-refractivity contribution is 0.625. The van der Waals surface area contributed by atoms with Crippen molar-refractivity contribution in [2.75, 3.05) is 4.90 Å². The van der Waals surface area contributed by atoms with Gasteiger partial charge in [0.2, 0.25) is 0 Å². The van der Waals surface area contributed by atoms with Crippen molar-refractivity contribution in [1.82, 2.24) is 4.57 Å². The maximum atomic E-state index is 6.42. The minimum absolute atomic E-state index is 0.247. The SMILES string of the molecule is C1=Cc2ccccc2C(n2c3ccccc3c3cc(-c4ccc(N(c5ccc(-c6cccc7c6oc6ccccc67)cc5)c5cccc6ccccc56)cc4)ccc32)C1. The summed E-state index contributed by atoms with van der Waals surface area (Å²) in [6.07, 6.45) is 5.56. The highest BCUT2D eigenvalue weighted by molar-refractivity contribution is 6.11. The number of furan rings is 1. The van der Waals surface area contributed by atoms with Crippen molar-refractivity contribution in [3.8, 4) is 22.3 Å². The van der Waals surface area contributed by atoms with Crippen LogP contribution in [0.5, 0.6) is 0 Å². The van der Waals surface area contributed by atoms with Crippen LogP contribution in [0, 0.1) is 0 Å². The summed E-state index contributed by atoms with van der Waals surface area (Å²) in [4.78, 5) is 2.38. The van der Waals surface area contributed by atoms with Gasteiger partial charge in [0.05, 0.1) is 11.7 Å². The molecule has 3 heteroatoms. The van der Waals surface area contributed by atoms with Crippen LogP contribution < -0.4 is 4.90 Å². The molecular weight excluding hydrogens is 717 g/mol. The molecule has 0 N–H and O–H groups in total. The van der Waals surface area contributed by atoms with Gasteiger partial charge in [0.15, 0.2) is 0 Å². The van der Waals surface area contributed by atoms with Gasteiger partial charge in [0.25, 0.3) is 0 Å². The highest BCUT2D eigenvalue weighted by Crippen LogP contribution is 2.43. The Kier molecular flexibility index (Phi) is 7.67. The van der Waals surface area contributed by atoms with Gasteiger partial charge in [0, 0.05) is 54.9 Å². The van der Waals surface area contributed by atoms with E-state index in [0.717, 1.165) is 56.5 Å². The number of aromatic nitrogens is 1. The molecule has 0 amide bonds. The van der Waals surface area contributed by atoms with E-state index in [0.29, 0.717) is 0 Å². The summed E-state index contributed by atoms with van der Waals surface area (Å²) in [5.74, 6) is 0. The molecule has 0 fully saturated rings. The van der Waals surface area contributed by atoms with E-state index in [2.05, 4.69) is 210 Å². The van der Waals surface area contributed by atoms with Crippen LogP contribution in [0.3, 0.4) is 0 Å². The number of fused-ring (bicyclic) bond motifs is 8. The molecule has 1 aliphatic rings. The highest BCUT2D eigenvalue weighted by Gasteiger charge is 2.23. The number of para-hydroxylation sites is 3. The fourth-order valence-corrected chi connectivity index (χ4v) is 9.58. The van der Waals surface area contributed by atoms with Crippen LogP contribution in [0.2, 0.25) is 0 Å². The fraction of sp³-hybridized carbons (Fsp3) is 0.0357. The summed E-state index contributed by atoms with van der Waals surface area (Å²) in [6.45, 7) is 0. The quantitative estimate of drug-likeness (QED) is 0.169. The third-order valence-corrected chi connectivity index (χ3v) is 12.3. The Hall–Kier alpha value is -7.62. The minimum Gasteiger partial charge on any atom is -0.455 e. The lowest BCUT2D eigenvalue weighted by atomic mass is 9.92. The average Bonchev–Trinajstić information content (AvgIpc) is 3.85. The molecule has 3 nitrogen and oxygen atoms in total. The van der Waals surface area contributed by atoms with Crippen molar-refractivity contribution in [2.45, 2.75) is 12.5 Å². The van der Waals surface area contributed by atoms with Crippen LogP contribution >= 0.6 is 0 Å². The van der Waals surface area contributed by atoms with E-state index >= 15 is 0 Å². The molecule has 2 heterocycles. The maximum absolute atomic E-state index is 6.42. The smallest absolute Gasteiger partial charge is 0.143 e. The summed E-state index contributed by atoms with van der Waals surface area (Å²) >= 11 is 0. The largest absolute Gasteiger partial charge is 0.455 e. The van der Waals surface area contributed by atoms with Crippen LogP contribution in [0.15, 0.2) is 211 Å². The van der Waals surface area contributed by atoms with E-state index in [1.807, 2.05) is 12.1 Å². The number of allylic oxidation sites excluding steroid dienone is 1. The van der Waals surface area contributed by atoms with Crippen LogP contribution in [0.4, 0.5) is 17.1 Å². The molecular formula is C56H38N2O. The number of rotatable bonds is 6. The molecule has 0 saturated carbocycles. The third kappa shape index (κ3) is 5.43. The summed E-state index contributed by atoms with van der Waals surface area (Å²) in [5.41, 5.74) is 15.0. The molecule has 11 aromatic rings. The molecule has 1 atom stereocenters. The molecule has 0 bridgehead atoms. The molecule has 0 saturated heterocycles. The van der Waals surface area contributed by atoms with Gasteiger partial charge >= 0.3 is 0 Å². The topological polar surface area (TPSA) is 21.3 Å². The molecule has 2 aromatic heterocycles. The first kappa shape index (κ1) is 33.5.